The fourth-order valence-corrected chi connectivity index (χ4v) is 5.10. The lowest BCUT2D eigenvalue weighted by Gasteiger charge is -2.59. The van der Waals surface area contributed by atoms with Gasteiger partial charge in [-0.15, -0.1) is 5.10 Å². The maximum atomic E-state index is 15.0. The van der Waals surface area contributed by atoms with Crippen molar-refractivity contribution in [1.29, 1.82) is 0 Å². The zero-order chi connectivity index (χ0) is 29.6. The summed E-state index contributed by atoms with van der Waals surface area (Å²) in [6.07, 6.45) is -2.68. The Labute approximate surface area is 230 Å². The summed E-state index contributed by atoms with van der Waals surface area (Å²) in [5.41, 5.74) is 3.23. The number of alkyl halides is 5. The maximum Gasteiger partial charge on any atom is 0.431 e. The van der Waals surface area contributed by atoms with Gasteiger partial charge in [-0.1, -0.05) is 0 Å². The number of aromatic nitrogens is 4. The number of nitrogens with two attached hydrogens (primary N) is 1. The molecule has 218 valence electrons. The van der Waals surface area contributed by atoms with Gasteiger partial charge in [-0.3, -0.25) is 4.99 Å². The summed E-state index contributed by atoms with van der Waals surface area (Å²) in [6, 6.07) is 7.06. The third-order valence-corrected chi connectivity index (χ3v) is 6.95. The van der Waals surface area contributed by atoms with Crippen LogP contribution in [0.1, 0.15) is 18.4 Å². The largest absolute Gasteiger partial charge is 0.431 e. The first kappa shape index (κ1) is 28.4. The average Bonchev–Trinajstić information content (AvgIpc) is 3.23. The van der Waals surface area contributed by atoms with E-state index in [1.54, 1.807) is 25.4 Å². The molecule has 1 saturated heterocycles. The number of aryl methyl sites for hydroxylation is 1. The van der Waals surface area contributed by atoms with Crippen molar-refractivity contribution < 1.29 is 31.1 Å². The van der Waals surface area contributed by atoms with E-state index in [4.69, 9.17) is 10.5 Å². The van der Waals surface area contributed by atoms with Crippen molar-refractivity contribution in [2.45, 2.75) is 24.9 Å². The van der Waals surface area contributed by atoms with Gasteiger partial charge in [0.2, 0.25) is 11.9 Å². The van der Waals surface area contributed by atoms with E-state index in [-0.39, 0.29) is 36.6 Å². The molecule has 5 rings (SSSR count). The number of hydrogen-bond acceptors (Lipinski definition) is 8. The number of aliphatic imine (C=N–C) groups is 1. The summed E-state index contributed by atoms with van der Waals surface area (Å²) in [5.74, 6) is -2.30. The summed E-state index contributed by atoms with van der Waals surface area (Å²) >= 11 is 0. The molecule has 1 aromatic carbocycles. The molecule has 3 aromatic rings. The Morgan fingerprint density at radius 2 is 1.93 bits per heavy atom. The highest BCUT2D eigenvalue weighted by molar-refractivity contribution is 6.11. The van der Waals surface area contributed by atoms with E-state index in [1.807, 2.05) is 4.90 Å². The van der Waals surface area contributed by atoms with Crippen LogP contribution in [0, 0.1) is 11.2 Å². The van der Waals surface area contributed by atoms with Gasteiger partial charge in [0.25, 0.3) is 0 Å². The molecule has 1 aliphatic heterocycles. The number of hydrogen-bond donors (Lipinski definition) is 2. The molecule has 0 atom stereocenters. The standard InChI is InChI=1S/C26H26F6N8O/c1-39-23(36-16-4-5-17(19(27)7-16)18(9-34-14-41-2)21(33)26(30,31)32)37-22(38-39)15-3-6-20(35-8-15)40-12-24(13-40)10-25(28,29)11-24/h3-9H,10-14,33H2,1-2H3,(H,36,37,38)/b21-18+,34-9+. The predicted octanol–water partition coefficient (Wildman–Crippen LogP) is 4.90. The van der Waals surface area contributed by atoms with Crippen molar-refractivity contribution in [2.75, 3.05) is 37.1 Å². The summed E-state index contributed by atoms with van der Waals surface area (Å²) in [4.78, 5) is 14.5. The van der Waals surface area contributed by atoms with Crippen molar-refractivity contribution >= 4 is 29.2 Å². The van der Waals surface area contributed by atoms with Crippen LogP contribution in [0.3, 0.4) is 0 Å². The minimum atomic E-state index is -4.90. The molecule has 0 radical (unpaired) electrons. The van der Waals surface area contributed by atoms with Crippen molar-refractivity contribution in [2.24, 2.45) is 23.2 Å². The fourth-order valence-electron chi connectivity index (χ4n) is 5.10. The Morgan fingerprint density at radius 1 is 1.20 bits per heavy atom. The lowest BCUT2D eigenvalue weighted by molar-refractivity contribution is -0.170. The molecular weight excluding hydrogens is 554 g/mol. The minimum absolute atomic E-state index is 0.0863. The maximum absolute atomic E-state index is 15.0. The predicted molar refractivity (Wildman–Crippen MR) is 140 cm³/mol. The third-order valence-electron chi connectivity index (χ3n) is 6.95. The molecule has 3 heterocycles. The third kappa shape index (κ3) is 5.85. The van der Waals surface area contributed by atoms with E-state index >= 15 is 0 Å². The van der Waals surface area contributed by atoms with Crippen molar-refractivity contribution in [1.82, 2.24) is 19.7 Å². The van der Waals surface area contributed by atoms with Gasteiger partial charge in [0, 0.05) is 80.3 Å². The number of nitrogens with zero attached hydrogens (tertiary/aromatic N) is 6. The molecule has 0 bridgehead atoms. The number of anilines is 3. The topological polar surface area (TPSA) is 106 Å². The van der Waals surface area contributed by atoms with Gasteiger partial charge < -0.3 is 20.7 Å². The highest BCUT2D eigenvalue weighted by atomic mass is 19.4. The second kappa shape index (κ2) is 10.4. The molecule has 3 N–H and O–H groups in total. The number of methoxy groups -OCH3 is 1. The second-order valence-electron chi connectivity index (χ2n) is 10.2. The SMILES string of the molecule is COC/N=C/C(=C(\N)C(F)(F)F)c1ccc(Nc2nc(-c3ccc(N4CC5(C4)CC(F)(F)C5)nc3)nn2C)cc1F. The van der Waals surface area contributed by atoms with E-state index in [0.29, 0.717) is 30.3 Å². The summed E-state index contributed by atoms with van der Waals surface area (Å²) in [5, 5.41) is 7.24. The number of nitrogens with one attached hydrogen (secondary N) is 1. The lowest BCUT2D eigenvalue weighted by Crippen LogP contribution is -2.66. The molecule has 1 aliphatic carbocycles. The molecule has 2 aliphatic rings. The number of benzene rings is 1. The number of ether oxygens (including phenoxy) is 1. The van der Waals surface area contributed by atoms with Crippen LogP contribution in [-0.2, 0) is 11.8 Å². The fraction of sp³-hybridized carbons (Fsp3) is 0.385. The van der Waals surface area contributed by atoms with Crippen LogP contribution in [0.4, 0.5) is 43.8 Å². The van der Waals surface area contributed by atoms with Gasteiger partial charge in [-0.25, -0.2) is 22.8 Å². The van der Waals surface area contributed by atoms with E-state index < -0.39 is 34.7 Å². The van der Waals surface area contributed by atoms with Gasteiger partial charge >= 0.3 is 6.18 Å². The smallest absolute Gasteiger partial charge is 0.394 e. The molecule has 2 aromatic heterocycles. The first-order valence-corrected chi connectivity index (χ1v) is 12.4. The second-order valence-corrected chi connectivity index (χ2v) is 10.2. The van der Waals surface area contributed by atoms with Crippen molar-refractivity contribution in [3.8, 4) is 11.4 Å². The summed E-state index contributed by atoms with van der Waals surface area (Å²) in [7, 11) is 2.92. The number of allylic oxidation sites excluding steroid dienone is 2. The average molecular weight is 581 g/mol. The Morgan fingerprint density at radius 3 is 2.51 bits per heavy atom. The van der Waals surface area contributed by atoms with Crippen molar-refractivity contribution in [3.05, 3.63) is 53.6 Å². The van der Waals surface area contributed by atoms with Crippen LogP contribution < -0.4 is 16.0 Å². The Kier molecular flexibility index (Phi) is 7.17. The quantitative estimate of drug-likeness (QED) is 0.288. The van der Waals surface area contributed by atoms with E-state index in [2.05, 4.69) is 25.4 Å². The monoisotopic (exact) mass is 580 g/mol. The van der Waals surface area contributed by atoms with E-state index in [1.165, 1.54) is 17.9 Å². The number of pyridine rings is 1. The van der Waals surface area contributed by atoms with E-state index in [0.717, 1.165) is 18.3 Å². The molecule has 15 heteroatoms. The van der Waals surface area contributed by atoms with Gasteiger partial charge in [0.1, 0.15) is 24.1 Å². The first-order chi connectivity index (χ1) is 19.3. The molecule has 41 heavy (non-hydrogen) atoms. The van der Waals surface area contributed by atoms with E-state index in [9.17, 15) is 26.3 Å². The Balaban J connectivity index is 1.29. The molecule has 1 spiro atoms. The molecular formula is C26H26F6N8O. The molecule has 9 nitrogen and oxygen atoms in total. The zero-order valence-electron chi connectivity index (χ0n) is 22.0. The number of halogens is 6. The molecule has 2 fully saturated rings. The highest BCUT2D eigenvalue weighted by Crippen LogP contribution is 2.57. The Bertz CT molecular complexity index is 1480. The van der Waals surface area contributed by atoms with Crippen LogP contribution >= 0.6 is 0 Å². The van der Waals surface area contributed by atoms with Crippen LogP contribution in [-0.4, -0.2) is 65.0 Å². The normalized spacial score (nSPS) is 18.3. The van der Waals surface area contributed by atoms with Gasteiger partial charge in [-0.2, -0.15) is 18.2 Å². The summed E-state index contributed by atoms with van der Waals surface area (Å²) in [6.45, 7) is 0.851. The minimum Gasteiger partial charge on any atom is -0.394 e. The highest BCUT2D eigenvalue weighted by Gasteiger charge is 2.61. The van der Waals surface area contributed by atoms with Crippen molar-refractivity contribution in [3.63, 3.8) is 0 Å². The van der Waals surface area contributed by atoms with Gasteiger partial charge in [-0.05, 0) is 30.3 Å². The van der Waals surface area contributed by atoms with Crippen LogP contribution in [0.5, 0.6) is 0 Å². The molecule has 0 amide bonds. The van der Waals surface area contributed by atoms with Crippen LogP contribution in [0.15, 0.2) is 47.2 Å². The van der Waals surface area contributed by atoms with Crippen LogP contribution in [0.25, 0.3) is 17.0 Å². The first-order valence-electron chi connectivity index (χ1n) is 12.4. The molecule has 1 saturated carbocycles. The zero-order valence-corrected chi connectivity index (χ0v) is 22.0. The lowest BCUT2D eigenvalue weighted by atomic mass is 9.61. The Hall–Kier alpha value is -4.14. The van der Waals surface area contributed by atoms with Gasteiger partial charge in [0.15, 0.2) is 5.82 Å². The molecule has 0 unspecified atom stereocenters. The van der Waals surface area contributed by atoms with Gasteiger partial charge in [0.05, 0.1) is 0 Å². The van der Waals surface area contributed by atoms with Crippen LogP contribution in [0.2, 0.25) is 0 Å². The summed E-state index contributed by atoms with van der Waals surface area (Å²) < 4.78 is 87.5. The number of rotatable bonds is 8.